The van der Waals surface area contributed by atoms with Gasteiger partial charge in [0.05, 0.1) is 17.6 Å². The largest absolute Gasteiger partial charge is 0.494 e. The van der Waals surface area contributed by atoms with E-state index in [1.165, 1.54) is 19.3 Å². The van der Waals surface area contributed by atoms with Crippen molar-refractivity contribution in [2.24, 2.45) is 0 Å². The molecule has 0 bridgehead atoms. The van der Waals surface area contributed by atoms with Crippen LogP contribution in [0.25, 0.3) is 11.0 Å². The molecule has 1 aliphatic heterocycles. The zero-order chi connectivity index (χ0) is 24.4. The number of aromatic nitrogens is 2. The molecule has 2 aromatic carbocycles. The Labute approximate surface area is 213 Å². The fourth-order valence-corrected chi connectivity index (χ4v) is 5.95. The average molecular weight is 494 g/mol. The summed E-state index contributed by atoms with van der Waals surface area (Å²) < 4.78 is 8.38. The fraction of sp³-hybridized carbons (Fsp3) is 0.517. The number of halogens is 1. The molecule has 2 aliphatic rings. The van der Waals surface area contributed by atoms with E-state index in [9.17, 15) is 4.79 Å². The average Bonchev–Trinajstić information content (AvgIpc) is 3.43. The maximum atomic E-state index is 13.0. The molecule has 1 amide bonds. The molecule has 2 fully saturated rings. The van der Waals surface area contributed by atoms with Gasteiger partial charge in [0.1, 0.15) is 11.6 Å². The van der Waals surface area contributed by atoms with Crippen molar-refractivity contribution in [3.05, 3.63) is 58.4 Å². The lowest BCUT2D eigenvalue weighted by molar-refractivity contribution is -0.130. The standard InChI is InChI=1S/C29H36ClN3O2/c1-20-16-24(17-21(2)28(20)30)35-15-9-8-14-32-26-13-7-6-12-25(26)31-29(32)22-18-27(34)33(19-22)23-10-4-3-5-11-23/h6-7,12-13,16-17,22-23H,3-5,8-11,14-15,18-19H2,1-2H3. The fourth-order valence-electron chi connectivity index (χ4n) is 5.84. The SMILES string of the molecule is Cc1cc(OCCCCn2c(C3CC(=O)N(C4CCCCC4)C3)nc3ccccc32)cc(C)c1Cl. The molecule has 2 heterocycles. The van der Waals surface area contributed by atoms with Gasteiger partial charge < -0.3 is 14.2 Å². The molecule has 0 radical (unpaired) electrons. The van der Waals surface area contributed by atoms with Crippen LogP contribution < -0.4 is 4.74 Å². The first-order valence-corrected chi connectivity index (χ1v) is 13.5. The van der Waals surface area contributed by atoms with Crippen LogP contribution in [-0.2, 0) is 11.3 Å². The molecule has 6 heteroatoms. The van der Waals surface area contributed by atoms with Crippen LogP contribution in [0.2, 0.25) is 5.02 Å². The van der Waals surface area contributed by atoms with Crippen molar-refractivity contribution < 1.29 is 9.53 Å². The summed E-state index contributed by atoms with van der Waals surface area (Å²) in [6.07, 6.45) is 8.63. The first-order valence-electron chi connectivity index (χ1n) is 13.2. The molecule has 1 saturated heterocycles. The van der Waals surface area contributed by atoms with E-state index >= 15 is 0 Å². The zero-order valence-corrected chi connectivity index (χ0v) is 21.7. The summed E-state index contributed by atoms with van der Waals surface area (Å²) in [7, 11) is 0. The lowest BCUT2D eigenvalue weighted by Crippen LogP contribution is -2.37. The Morgan fingerprint density at radius 3 is 2.57 bits per heavy atom. The van der Waals surface area contributed by atoms with Gasteiger partial charge in [-0.15, -0.1) is 0 Å². The normalized spacial score (nSPS) is 19.1. The number of likely N-dealkylation sites (tertiary alicyclic amines) is 1. The molecule has 1 saturated carbocycles. The second kappa shape index (κ2) is 10.6. The van der Waals surface area contributed by atoms with E-state index in [1.54, 1.807) is 0 Å². The van der Waals surface area contributed by atoms with Crippen molar-refractivity contribution in [2.45, 2.75) is 83.7 Å². The molecule has 0 N–H and O–H groups in total. The molecule has 0 spiro atoms. The third-order valence-corrected chi connectivity index (χ3v) is 8.27. The van der Waals surface area contributed by atoms with Crippen molar-refractivity contribution in [1.82, 2.24) is 14.5 Å². The van der Waals surface area contributed by atoms with Crippen LogP contribution in [0.5, 0.6) is 5.75 Å². The van der Waals surface area contributed by atoms with E-state index in [0.717, 1.165) is 77.5 Å². The maximum Gasteiger partial charge on any atom is 0.223 e. The molecule has 5 nitrogen and oxygen atoms in total. The van der Waals surface area contributed by atoms with E-state index in [4.69, 9.17) is 21.3 Å². The van der Waals surface area contributed by atoms with Crippen LogP contribution in [-0.4, -0.2) is 39.6 Å². The van der Waals surface area contributed by atoms with Crippen LogP contribution >= 0.6 is 11.6 Å². The highest BCUT2D eigenvalue weighted by Gasteiger charge is 2.37. The first kappa shape index (κ1) is 24.2. The van der Waals surface area contributed by atoms with Crippen LogP contribution in [0.4, 0.5) is 0 Å². The van der Waals surface area contributed by atoms with E-state index in [2.05, 4.69) is 27.7 Å². The quantitative estimate of drug-likeness (QED) is 0.323. The predicted octanol–water partition coefficient (Wildman–Crippen LogP) is 6.81. The number of para-hydroxylation sites is 2. The van der Waals surface area contributed by atoms with E-state index in [0.29, 0.717) is 25.0 Å². The highest BCUT2D eigenvalue weighted by molar-refractivity contribution is 6.32. The summed E-state index contributed by atoms with van der Waals surface area (Å²) in [5.74, 6) is 2.43. The van der Waals surface area contributed by atoms with Crippen molar-refractivity contribution in [1.29, 1.82) is 0 Å². The number of aryl methyl sites for hydroxylation is 3. The lowest BCUT2D eigenvalue weighted by Gasteiger charge is -2.31. The molecular formula is C29H36ClN3O2. The van der Waals surface area contributed by atoms with Crippen molar-refractivity contribution in [2.75, 3.05) is 13.2 Å². The Hall–Kier alpha value is -2.53. The Morgan fingerprint density at radius 2 is 1.80 bits per heavy atom. The summed E-state index contributed by atoms with van der Waals surface area (Å²) in [4.78, 5) is 20.1. The van der Waals surface area contributed by atoms with Gasteiger partial charge in [0.25, 0.3) is 0 Å². The number of amides is 1. The van der Waals surface area contributed by atoms with E-state index in [-0.39, 0.29) is 5.92 Å². The molecule has 1 atom stereocenters. The number of benzene rings is 2. The van der Waals surface area contributed by atoms with Crippen LogP contribution in [0.3, 0.4) is 0 Å². The minimum Gasteiger partial charge on any atom is -0.494 e. The number of carbonyl (C=O) groups is 1. The van der Waals surface area contributed by atoms with Gasteiger partial charge in [0.15, 0.2) is 0 Å². The molecule has 1 aromatic heterocycles. The van der Waals surface area contributed by atoms with Gasteiger partial charge in [-0.25, -0.2) is 4.98 Å². The minimum absolute atomic E-state index is 0.174. The number of hydrogen-bond acceptors (Lipinski definition) is 3. The van der Waals surface area contributed by atoms with Gasteiger partial charge >= 0.3 is 0 Å². The number of ether oxygens (including phenoxy) is 1. The van der Waals surface area contributed by atoms with Crippen molar-refractivity contribution in [3.8, 4) is 5.75 Å². The second-order valence-electron chi connectivity index (χ2n) is 10.3. The third kappa shape index (κ3) is 5.20. The van der Waals surface area contributed by atoms with Crippen molar-refractivity contribution in [3.63, 3.8) is 0 Å². The molecule has 1 unspecified atom stereocenters. The summed E-state index contributed by atoms with van der Waals surface area (Å²) in [6.45, 7) is 6.38. The van der Waals surface area contributed by atoms with Gasteiger partial charge in [-0.05, 0) is 74.9 Å². The maximum absolute atomic E-state index is 13.0. The smallest absolute Gasteiger partial charge is 0.223 e. The van der Waals surface area contributed by atoms with E-state index < -0.39 is 0 Å². The highest BCUT2D eigenvalue weighted by atomic mass is 35.5. The van der Waals surface area contributed by atoms with Gasteiger partial charge in [0, 0.05) is 36.5 Å². The lowest BCUT2D eigenvalue weighted by atomic mass is 9.94. The van der Waals surface area contributed by atoms with Gasteiger partial charge in [-0.2, -0.15) is 0 Å². The van der Waals surface area contributed by atoms with Crippen molar-refractivity contribution >= 4 is 28.5 Å². The monoisotopic (exact) mass is 493 g/mol. The number of carbonyl (C=O) groups excluding carboxylic acids is 1. The molecular weight excluding hydrogens is 458 g/mol. The van der Waals surface area contributed by atoms with Crippen LogP contribution in [0.15, 0.2) is 36.4 Å². The molecule has 3 aromatic rings. The Balaban J connectivity index is 1.25. The van der Waals surface area contributed by atoms with Gasteiger partial charge in [-0.3, -0.25) is 4.79 Å². The molecule has 35 heavy (non-hydrogen) atoms. The van der Waals surface area contributed by atoms with Gasteiger partial charge in [-0.1, -0.05) is 43.0 Å². The molecule has 1 aliphatic carbocycles. The number of fused-ring (bicyclic) bond motifs is 1. The predicted molar refractivity (Wildman–Crippen MR) is 141 cm³/mol. The zero-order valence-electron chi connectivity index (χ0n) is 20.9. The number of imidazole rings is 1. The summed E-state index contributed by atoms with van der Waals surface area (Å²) in [5, 5.41) is 0.810. The molecule has 5 rings (SSSR count). The Bertz CT molecular complexity index is 1170. The third-order valence-electron chi connectivity index (χ3n) is 7.68. The molecule has 186 valence electrons. The minimum atomic E-state index is 0.174. The Kier molecular flexibility index (Phi) is 7.33. The summed E-state index contributed by atoms with van der Waals surface area (Å²) in [5.41, 5.74) is 4.28. The van der Waals surface area contributed by atoms with E-state index in [1.807, 2.05) is 32.0 Å². The second-order valence-corrected chi connectivity index (χ2v) is 10.7. The summed E-state index contributed by atoms with van der Waals surface area (Å²) in [6, 6.07) is 12.8. The number of nitrogens with zero attached hydrogens (tertiary/aromatic N) is 3. The highest BCUT2D eigenvalue weighted by Crippen LogP contribution is 2.35. The Morgan fingerprint density at radius 1 is 1.06 bits per heavy atom. The first-order chi connectivity index (χ1) is 17.0. The number of rotatable bonds is 8. The summed E-state index contributed by atoms with van der Waals surface area (Å²) >= 11 is 6.28. The van der Waals surface area contributed by atoms with Crippen LogP contribution in [0.1, 0.15) is 74.2 Å². The van der Waals surface area contributed by atoms with Gasteiger partial charge in [0.2, 0.25) is 5.91 Å². The number of hydrogen-bond donors (Lipinski definition) is 0. The topological polar surface area (TPSA) is 47.4 Å². The van der Waals surface area contributed by atoms with Crippen LogP contribution in [0, 0.1) is 13.8 Å². The number of unbranched alkanes of at least 4 members (excludes halogenated alkanes) is 1.